The highest BCUT2D eigenvalue weighted by Crippen LogP contribution is 2.42. The molecular formula is C40H30N2. The van der Waals surface area contributed by atoms with Crippen molar-refractivity contribution in [2.75, 3.05) is 9.80 Å². The molecule has 0 radical (unpaired) electrons. The summed E-state index contributed by atoms with van der Waals surface area (Å²) in [5.74, 6) is 0. The van der Waals surface area contributed by atoms with Crippen LogP contribution < -0.4 is 9.80 Å². The zero-order valence-electron chi connectivity index (χ0n) is 23.2. The molecule has 0 atom stereocenters. The molecule has 0 fully saturated rings. The van der Waals surface area contributed by atoms with Gasteiger partial charge in [-0.15, -0.1) is 0 Å². The van der Waals surface area contributed by atoms with E-state index >= 15 is 0 Å². The van der Waals surface area contributed by atoms with E-state index in [4.69, 9.17) is 0 Å². The van der Waals surface area contributed by atoms with Crippen molar-refractivity contribution < 1.29 is 0 Å². The monoisotopic (exact) mass is 538 g/mol. The lowest BCUT2D eigenvalue weighted by molar-refractivity contribution is 1.30. The molecule has 42 heavy (non-hydrogen) atoms. The molecule has 0 saturated carbocycles. The number of para-hydroxylation sites is 4. The fourth-order valence-electron chi connectivity index (χ4n) is 5.69. The molecule has 0 N–H and O–H groups in total. The normalized spacial score (nSPS) is 10.9. The Morgan fingerprint density at radius 3 is 1.14 bits per heavy atom. The summed E-state index contributed by atoms with van der Waals surface area (Å²) >= 11 is 0. The van der Waals surface area contributed by atoms with E-state index in [1.807, 2.05) is 0 Å². The second kappa shape index (κ2) is 11.5. The fraction of sp³-hybridized carbons (Fsp3) is 0. The summed E-state index contributed by atoms with van der Waals surface area (Å²) in [6, 6.07) is 64.5. The molecule has 2 nitrogen and oxygen atoms in total. The first-order valence-corrected chi connectivity index (χ1v) is 14.3. The van der Waals surface area contributed by atoms with Gasteiger partial charge in [-0.05, 0) is 82.9 Å². The zero-order chi connectivity index (χ0) is 28.1. The van der Waals surface area contributed by atoms with E-state index in [1.165, 1.54) is 16.2 Å². The molecule has 0 aliphatic rings. The molecule has 0 spiro atoms. The van der Waals surface area contributed by atoms with Gasteiger partial charge >= 0.3 is 0 Å². The predicted octanol–water partition coefficient (Wildman–Crippen LogP) is 11.5. The van der Waals surface area contributed by atoms with Crippen LogP contribution in [-0.4, -0.2) is 0 Å². The van der Waals surface area contributed by atoms with Crippen molar-refractivity contribution in [2.24, 2.45) is 0 Å². The topological polar surface area (TPSA) is 6.48 Å². The van der Waals surface area contributed by atoms with Gasteiger partial charge in [0.2, 0.25) is 0 Å². The molecular weight excluding hydrogens is 508 g/mol. The summed E-state index contributed by atoms with van der Waals surface area (Å²) in [5.41, 5.74) is 6.72. The summed E-state index contributed by atoms with van der Waals surface area (Å²) in [6.45, 7) is 0. The van der Waals surface area contributed by atoms with Gasteiger partial charge in [-0.3, -0.25) is 0 Å². The second-order valence-electron chi connectivity index (χ2n) is 10.2. The Morgan fingerprint density at radius 1 is 0.262 bits per heavy atom. The van der Waals surface area contributed by atoms with Gasteiger partial charge in [-0.2, -0.15) is 0 Å². The third kappa shape index (κ3) is 4.91. The highest BCUT2D eigenvalue weighted by atomic mass is 15.1. The van der Waals surface area contributed by atoms with Crippen molar-refractivity contribution in [2.45, 2.75) is 0 Å². The summed E-state index contributed by atoms with van der Waals surface area (Å²) in [5, 5.41) is 4.75. The van der Waals surface area contributed by atoms with Gasteiger partial charge in [0.05, 0.1) is 11.4 Å². The lowest BCUT2D eigenvalue weighted by Crippen LogP contribution is -2.10. The molecule has 200 valence electrons. The lowest BCUT2D eigenvalue weighted by atomic mass is 10.0. The van der Waals surface area contributed by atoms with Crippen molar-refractivity contribution in [1.82, 2.24) is 0 Å². The van der Waals surface area contributed by atoms with Crippen LogP contribution in [0.5, 0.6) is 0 Å². The van der Waals surface area contributed by atoms with Crippen LogP contribution in [0.2, 0.25) is 0 Å². The zero-order valence-corrected chi connectivity index (χ0v) is 23.2. The van der Waals surface area contributed by atoms with E-state index in [2.05, 4.69) is 192 Å². The van der Waals surface area contributed by atoms with Gasteiger partial charge in [0.1, 0.15) is 0 Å². The summed E-state index contributed by atoms with van der Waals surface area (Å²) in [4.78, 5) is 4.68. The Hall–Kier alpha value is -5.60. The highest BCUT2D eigenvalue weighted by Gasteiger charge is 2.17. The highest BCUT2D eigenvalue weighted by molar-refractivity contribution is 6.09. The van der Waals surface area contributed by atoms with Gasteiger partial charge in [-0.25, -0.2) is 0 Å². The minimum absolute atomic E-state index is 1.11. The Balaban J connectivity index is 1.51. The molecule has 2 bridgehead atoms. The number of fused-ring (bicyclic) bond motifs is 1. The van der Waals surface area contributed by atoms with Crippen LogP contribution >= 0.6 is 0 Å². The van der Waals surface area contributed by atoms with E-state index in [1.54, 1.807) is 0 Å². The van der Waals surface area contributed by atoms with Gasteiger partial charge in [-0.1, -0.05) is 115 Å². The molecule has 0 amide bonds. The van der Waals surface area contributed by atoms with Crippen LogP contribution in [0.25, 0.3) is 21.5 Å². The SMILES string of the molecule is c1ccc(N(c2ccccc2)c2cccccc3c(N(c4ccccc4)c4ccccc4)ccc4ccc2cc43)cc1. The van der Waals surface area contributed by atoms with Crippen LogP contribution in [0.1, 0.15) is 0 Å². The number of rotatable bonds is 6. The molecule has 0 saturated heterocycles. The van der Waals surface area contributed by atoms with E-state index < -0.39 is 0 Å². The Labute approximate surface area is 247 Å². The van der Waals surface area contributed by atoms with Crippen molar-refractivity contribution in [3.63, 3.8) is 0 Å². The molecule has 0 unspecified atom stereocenters. The van der Waals surface area contributed by atoms with Crippen LogP contribution in [0.3, 0.4) is 0 Å². The Bertz CT molecular complexity index is 1810. The maximum atomic E-state index is 2.35. The van der Waals surface area contributed by atoms with Crippen molar-refractivity contribution in [1.29, 1.82) is 0 Å². The second-order valence-corrected chi connectivity index (χ2v) is 10.2. The van der Waals surface area contributed by atoms with Crippen molar-refractivity contribution in [3.05, 3.63) is 182 Å². The predicted molar refractivity (Wildman–Crippen MR) is 180 cm³/mol. The maximum Gasteiger partial charge on any atom is 0.0540 e. The van der Waals surface area contributed by atoms with Gasteiger partial charge in [0, 0.05) is 28.1 Å². The average Bonchev–Trinajstić information content (AvgIpc) is 3.06. The lowest BCUT2D eigenvalue weighted by Gasteiger charge is -2.27. The molecule has 7 aromatic rings. The van der Waals surface area contributed by atoms with Crippen LogP contribution in [0.4, 0.5) is 34.1 Å². The molecule has 7 aromatic carbocycles. The summed E-state index contributed by atoms with van der Waals surface area (Å²) < 4.78 is 0. The Morgan fingerprint density at radius 2 is 0.643 bits per heavy atom. The fourth-order valence-corrected chi connectivity index (χ4v) is 5.69. The number of nitrogens with zero attached hydrogens (tertiary/aromatic N) is 2. The summed E-state index contributed by atoms with van der Waals surface area (Å²) in [7, 11) is 0. The minimum atomic E-state index is 1.11. The van der Waals surface area contributed by atoms with E-state index in [0.29, 0.717) is 0 Å². The molecule has 0 heterocycles. The molecule has 2 heteroatoms. The van der Waals surface area contributed by atoms with Crippen LogP contribution in [0, 0.1) is 0 Å². The minimum Gasteiger partial charge on any atom is -0.310 e. The first kappa shape index (κ1) is 25.4. The largest absolute Gasteiger partial charge is 0.310 e. The standard InChI is InChI=1S/C40H30N2/c1-6-16-33(17-7-1)41(34-18-8-2-9-19-34)39-25-15-5-14-24-37-38-30-32(39)27-26-31(38)28-29-40(37)42(35-20-10-3-11-21-35)36-22-12-4-13-23-36/h1-30H. The number of anilines is 6. The molecule has 7 rings (SSSR count). The molecule has 0 aromatic heterocycles. The number of benzene rings is 6. The quantitative estimate of drug-likeness (QED) is 0.208. The van der Waals surface area contributed by atoms with Gasteiger partial charge in [0.25, 0.3) is 0 Å². The smallest absolute Gasteiger partial charge is 0.0540 e. The van der Waals surface area contributed by atoms with E-state index in [-0.39, 0.29) is 0 Å². The van der Waals surface area contributed by atoms with Crippen LogP contribution in [0.15, 0.2) is 182 Å². The van der Waals surface area contributed by atoms with Crippen LogP contribution in [-0.2, 0) is 0 Å². The van der Waals surface area contributed by atoms with Crippen molar-refractivity contribution in [3.8, 4) is 0 Å². The van der Waals surface area contributed by atoms with Gasteiger partial charge in [0.15, 0.2) is 0 Å². The number of hydrogen-bond acceptors (Lipinski definition) is 2. The molecule has 0 aliphatic carbocycles. The summed E-state index contributed by atoms with van der Waals surface area (Å²) in [6.07, 6.45) is 0. The average molecular weight is 539 g/mol. The maximum absolute atomic E-state index is 2.35. The van der Waals surface area contributed by atoms with Gasteiger partial charge < -0.3 is 9.80 Å². The molecule has 0 aliphatic heterocycles. The van der Waals surface area contributed by atoms with Crippen molar-refractivity contribution >= 4 is 55.7 Å². The van der Waals surface area contributed by atoms with E-state index in [0.717, 1.165) is 39.5 Å². The van der Waals surface area contributed by atoms with E-state index in [9.17, 15) is 0 Å². The number of hydrogen-bond donors (Lipinski definition) is 0. The first-order valence-electron chi connectivity index (χ1n) is 14.3. The third-order valence-corrected chi connectivity index (χ3v) is 7.61. The first-order chi connectivity index (χ1) is 20.9. The third-order valence-electron chi connectivity index (χ3n) is 7.61. The Kier molecular flexibility index (Phi) is 6.94.